The Morgan fingerprint density at radius 3 is 2.86 bits per heavy atom. The lowest BCUT2D eigenvalue weighted by atomic mass is 9.70. The molecule has 2 atom stereocenters. The largest absolute Gasteiger partial charge is 0.364 e. The molecule has 21 heavy (non-hydrogen) atoms. The van der Waals surface area contributed by atoms with Crippen LogP contribution in [0.5, 0.6) is 0 Å². The van der Waals surface area contributed by atoms with Gasteiger partial charge in [-0.1, -0.05) is 42.5 Å². The van der Waals surface area contributed by atoms with E-state index in [-0.39, 0.29) is 5.41 Å². The van der Waals surface area contributed by atoms with Crippen molar-refractivity contribution in [3.8, 4) is 0 Å². The molecule has 2 nitrogen and oxygen atoms in total. The third kappa shape index (κ3) is 1.59. The van der Waals surface area contributed by atoms with Crippen molar-refractivity contribution in [1.82, 2.24) is 0 Å². The molecule has 0 unspecified atom stereocenters. The number of anilines is 2. The van der Waals surface area contributed by atoms with Crippen LogP contribution in [0.2, 0.25) is 0 Å². The first-order chi connectivity index (χ1) is 10.3. The van der Waals surface area contributed by atoms with E-state index < -0.39 is 0 Å². The van der Waals surface area contributed by atoms with Crippen LogP contribution in [0.3, 0.4) is 0 Å². The van der Waals surface area contributed by atoms with Crippen molar-refractivity contribution in [3.63, 3.8) is 0 Å². The molecule has 2 heteroatoms. The summed E-state index contributed by atoms with van der Waals surface area (Å²) in [5.74, 6) is 0. The predicted molar refractivity (Wildman–Crippen MR) is 88.9 cm³/mol. The molecule has 0 bridgehead atoms. The molecule has 0 fully saturated rings. The van der Waals surface area contributed by atoms with E-state index in [4.69, 9.17) is 0 Å². The van der Waals surface area contributed by atoms with Crippen molar-refractivity contribution < 1.29 is 0 Å². The minimum atomic E-state index is 0.0848. The first kappa shape index (κ1) is 12.5. The van der Waals surface area contributed by atoms with Crippen LogP contribution < -0.4 is 10.2 Å². The van der Waals surface area contributed by atoms with Crippen LogP contribution in [-0.2, 0) is 11.8 Å². The number of fused-ring (bicyclic) bond motifs is 4. The van der Waals surface area contributed by atoms with Crippen LogP contribution in [0.4, 0.5) is 11.4 Å². The highest BCUT2D eigenvalue weighted by Gasteiger charge is 2.51. The van der Waals surface area contributed by atoms with Gasteiger partial charge in [-0.3, -0.25) is 0 Å². The molecule has 2 aromatic rings. The molecule has 1 N–H and O–H groups in total. The zero-order chi connectivity index (χ0) is 14.4. The lowest BCUT2D eigenvalue weighted by molar-refractivity contribution is 0.372. The summed E-state index contributed by atoms with van der Waals surface area (Å²) in [6.45, 7) is 4.02. The van der Waals surface area contributed by atoms with E-state index in [1.54, 1.807) is 0 Å². The summed E-state index contributed by atoms with van der Waals surface area (Å²) in [5, 5.41) is 3.76. The Balaban J connectivity index is 1.92. The van der Waals surface area contributed by atoms with Gasteiger partial charge in [0.15, 0.2) is 0 Å². The highest BCUT2D eigenvalue weighted by Crippen LogP contribution is 2.51. The molecular weight excluding hydrogens is 256 g/mol. The number of allylic oxidation sites excluding steroid dienone is 1. The van der Waals surface area contributed by atoms with Crippen molar-refractivity contribution in [2.75, 3.05) is 17.3 Å². The fourth-order valence-electron chi connectivity index (χ4n) is 4.14. The zero-order valence-corrected chi connectivity index (χ0v) is 12.3. The monoisotopic (exact) mass is 276 g/mol. The van der Waals surface area contributed by atoms with Crippen LogP contribution >= 0.6 is 0 Å². The minimum Gasteiger partial charge on any atom is -0.364 e. The summed E-state index contributed by atoms with van der Waals surface area (Å²) >= 11 is 0. The third-order valence-corrected chi connectivity index (χ3v) is 5.06. The van der Waals surface area contributed by atoms with Gasteiger partial charge in [0.2, 0.25) is 0 Å². The Hall–Kier alpha value is -2.22. The van der Waals surface area contributed by atoms with Gasteiger partial charge in [-0.25, -0.2) is 0 Å². The highest BCUT2D eigenvalue weighted by molar-refractivity contribution is 5.70. The molecule has 2 heterocycles. The summed E-state index contributed by atoms with van der Waals surface area (Å²) in [6, 6.07) is 17.5. The Bertz CT molecular complexity index is 706. The first-order valence-electron chi connectivity index (χ1n) is 7.54. The molecule has 0 saturated carbocycles. The van der Waals surface area contributed by atoms with Gasteiger partial charge in [0.1, 0.15) is 6.17 Å². The number of benzene rings is 2. The minimum absolute atomic E-state index is 0.0848. The highest BCUT2D eigenvalue weighted by atomic mass is 15.3. The number of nitrogens with zero attached hydrogens (tertiary/aromatic N) is 1. The van der Waals surface area contributed by atoms with Crippen LogP contribution in [0.1, 0.15) is 17.5 Å². The molecule has 0 radical (unpaired) electrons. The second-order valence-electron chi connectivity index (χ2n) is 6.16. The van der Waals surface area contributed by atoms with Crippen molar-refractivity contribution >= 4 is 11.4 Å². The average Bonchev–Trinajstić information content (AvgIpc) is 2.76. The van der Waals surface area contributed by atoms with Crippen molar-refractivity contribution in [2.24, 2.45) is 0 Å². The number of para-hydroxylation sites is 2. The SMILES string of the molecule is C=CC[C@@]12Cc3ccccc3N[C@@H]1N(C)c1ccccc12. The molecule has 2 aliphatic heterocycles. The van der Waals surface area contributed by atoms with Gasteiger partial charge in [0.05, 0.1) is 0 Å². The fraction of sp³-hybridized carbons (Fsp3) is 0.263. The lowest BCUT2D eigenvalue weighted by Crippen LogP contribution is -2.52. The molecule has 0 spiro atoms. The number of hydrogen-bond donors (Lipinski definition) is 1. The van der Waals surface area contributed by atoms with E-state index in [0.29, 0.717) is 6.17 Å². The van der Waals surface area contributed by atoms with Crippen LogP contribution in [0, 0.1) is 0 Å². The summed E-state index contributed by atoms with van der Waals surface area (Å²) in [6.07, 6.45) is 4.41. The molecule has 0 saturated heterocycles. The third-order valence-electron chi connectivity index (χ3n) is 5.06. The lowest BCUT2D eigenvalue weighted by Gasteiger charge is -2.43. The molecular formula is C19H20N2. The van der Waals surface area contributed by atoms with E-state index in [9.17, 15) is 0 Å². The number of hydrogen-bond acceptors (Lipinski definition) is 2. The molecule has 106 valence electrons. The summed E-state index contributed by atoms with van der Waals surface area (Å²) in [4.78, 5) is 2.38. The van der Waals surface area contributed by atoms with Gasteiger partial charge in [0.25, 0.3) is 0 Å². The Labute approximate surface area is 126 Å². The summed E-state index contributed by atoms with van der Waals surface area (Å²) in [7, 11) is 2.19. The maximum absolute atomic E-state index is 4.02. The van der Waals surface area contributed by atoms with Crippen molar-refractivity contribution in [1.29, 1.82) is 0 Å². The number of rotatable bonds is 2. The average molecular weight is 276 g/mol. The maximum Gasteiger partial charge on any atom is 0.109 e. The standard InChI is InChI=1S/C19H20N2/c1-3-12-19-13-14-8-4-6-10-16(14)20-18(19)21(2)17-11-7-5-9-15(17)19/h3-11,18,20H,1,12-13H2,2H3/t18-,19+/m1/s1. The molecule has 2 aliphatic rings. The van der Waals surface area contributed by atoms with Gasteiger partial charge < -0.3 is 10.2 Å². The van der Waals surface area contributed by atoms with E-state index in [1.807, 2.05) is 0 Å². The van der Waals surface area contributed by atoms with E-state index >= 15 is 0 Å². The van der Waals surface area contributed by atoms with Gasteiger partial charge in [-0.2, -0.15) is 0 Å². The van der Waals surface area contributed by atoms with Gasteiger partial charge in [-0.15, -0.1) is 6.58 Å². The Morgan fingerprint density at radius 1 is 1.24 bits per heavy atom. The van der Waals surface area contributed by atoms with E-state index in [0.717, 1.165) is 12.8 Å². The molecule has 2 aromatic carbocycles. The molecule has 0 aliphatic carbocycles. The fourth-order valence-corrected chi connectivity index (χ4v) is 4.14. The maximum atomic E-state index is 4.02. The summed E-state index contributed by atoms with van der Waals surface area (Å²) in [5.41, 5.74) is 5.54. The van der Waals surface area contributed by atoms with E-state index in [2.05, 4.69) is 78.5 Å². The smallest absolute Gasteiger partial charge is 0.109 e. The Kier molecular flexibility index (Phi) is 2.61. The normalized spacial score (nSPS) is 25.6. The quantitative estimate of drug-likeness (QED) is 0.836. The molecule has 0 aromatic heterocycles. The number of nitrogens with one attached hydrogen (secondary N) is 1. The summed E-state index contributed by atoms with van der Waals surface area (Å²) < 4.78 is 0. The first-order valence-corrected chi connectivity index (χ1v) is 7.54. The topological polar surface area (TPSA) is 15.3 Å². The second kappa shape index (κ2) is 4.39. The van der Waals surface area contributed by atoms with Crippen LogP contribution in [-0.4, -0.2) is 13.2 Å². The second-order valence-corrected chi connectivity index (χ2v) is 6.16. The number of likely N-dealkylation sites (N-methyl/N-ethyl adjacent to an activating group) is 1. The van der Waals surface area contributed by atoms with Gasteiger partial charge in [-0.05, 0) is 36.1 Å². The molecule has 4 rings (SSSR count). The van der Waals surface area contributed by atoms with Crippen LogP contribution in [0.15, 0.2) is 61.2 Å². The van der Waals surface area contributed by atoms with Crippen molar-refractivity contribution in [3.05, 3.63) is 72.3 Å². The zero-order valence-electron chi connectivity index (χ0n) is 12.3. The van der Waals surface area contributed by atoms with E-state index in [1.165, 1.54) is 22.5 Å². The van der Waals surface area contributed by atoms with Gasteiger partial charge >= 0.3 is 0 Å². The van der Waals surface area contributed by atoms with Gasteiger partial charge in [0, 0.05) is 23.8 Å². The Morgan fingerprint density at radius 2 is 2.00 bits per heavy atom. The molecule has 0 amide bonds. The van der Waals surface area contributed by atoms with Crippen LogP contribution in [0.25, 0.3) is 0 Å². The van der Waals surface area contributed by atoms with Crippen molar-refractivity contribution in [2.45, 2.75) is 24.4 Å². The predicted octanol–water partition coefficient (Wildman–Crippen LogP) is 3.94.